The molecule has 78 valence electrons. The molecule has 0 N–H and O–H groups in total. The first-order valence-electron chi connectivity index (χ1n) is 3.46. The second-order valence-electron chi connectivity index (χ2n) is 2.74. The second-order valence-corrected chi connectivity index (χ2v) is 4.23. The largest absolute Gasteiger partial charge is 0.226 e. The predicted molar refractivity (Wildman–Crippen MR) is 43.7 cm³/mol. The number of halogens is 6. The van der Waals surface area contributed by atoms with E-state index < -0.39 is 33.4 Å². The first-order valence-corrected chi connectivity index (χ1v) is 4.25. The normalized spacial score (nSPS) is 15.4. The van der Waals surface area contributed by atoms with E-state index in [1.807, 2.05) is 0 Å². The third-order valence-electron chi connectivity index (χ3n) is 1.58. The Morgan fingerprint density at radius 2 is 1.57 bits per heavy atom. The molecule has 14 heavy (non-hydrogen) atoms. The van der Waals surface area contributed by atoms with Gasteiger partial charge in [0.15, 0.2) is 27.8 Å². The van der Waals surface area contributed by atoms with Crippen molar-refractivity contribution in [2.24, 2.45) is 0 Å². The molecule has 0 nitrogen and oxygen atoms in total. The molecule has 0 amide bonds. The molecular formula is C8H4BrF5. The van der Waals surface area contributed by atoms with E-state index >= 15 is 0 Å². The van der Waals surface area contributed by atoms with Gasteiger partial charge in [-0.15, -0.1) is 0 Å². The van der Waals surface area contributed by atoms with Crippen molar-refractivity contribution >= 4 is 15.9 Å². The van der Waals surface area contributed by atoms with Gasteiger partial charge in [-0.2, -0.15) is 0 Å². The van der Waals surface area contributed by atoms with Crippen molar-refractivity contribution in [1.29, 1.82) is 0 Å². The van der Waals surface area contributed by atoms with Crippen molar-refractivity contribution in [2.75, 3.05) is 0 Å². The van der Waals surface area contributed by atoms with Crippen LogP contribution >= 0.6 is 15.9 Å². The maximum Gasteiger partial charge on any atom is 0.197 e. The highest BCUT2D eigenvalue weighted by molar-refractivity contribution is 9.09. The Morgan fingerprint density at radius 3 is 2.00 bits per heavy atom. The average molecular weight is 275 g/mol. The standard InChI is InChI=1S/C8H4BrF5/c1-8(9,14)3-2-4(10)6(12)7(13)5(3)11/h2H,1H3. The van der Waals surface area contributed by atoms with Crippen LogP contribution in [0, 0.1) is 23.3 Å². The number of rotatable bonds is 1. The summed E-state index contributed by atoms with van der Waals surface area (Å²) in [5, 5.41) is 0. The van der Waals surface area contributed by atoms with Crippen molar-refractivity contribution in [2.45, 2.75) is 11.5 Å². The fraction of sp³-hybridized carbons (Fsp3) is 0.250. The lowest BCUT2D eigenvalue weighted by atomic mass is 10.1. The van der Waals surface area contributed by atoms with Gasteiger partial charge in [0.05, 0.1) is 0 Å². The van der Waals surface area contributed by atoms with Gasteiger partial charge in [-0.25, -0.2) is 22.0 Å². The lowest BCUT2D eigenvalue weighted by molar-refractivity contribution is 0.310. The highest BCUT2D eigenvalue weighted by Crippen LogP contribution is 2.35. The van der Waals surface area contributed by atoms with E-state index in [2.05, 4.69) is 15.9 Å². The Morgan fingerprint density at radius 1 is 1.07 bits per heavy atom. The smallest absolute Gasteiger partial charge is 0.197 e. The van der Waals surface area contributed by atoms with Gasteiger partial charge >= 0.3 is 0 Å². The summed E-state index contributed by atoms with van der Waals surface area (Å²) in [4.78, 5) is 0. The Hall–Kier alpha value is -0.650. The number of hydrogen-bond donors (Lipinski definition) is 0. The molecule has 0 radical (unpaired) electrons. The highest BCUT2D eigenvalue weighted by Gasteiger charge is 2.30. The minimum Gasteiger partial charge on any atom is -0.226 e. The molecule has 1 aromatic rings. The van der Waals surface area contributed by atoms with E-state index in [4.69, 9.17) is 0 Å². The van der Waals surface area contributed by atoms with E-state index in [1.165, 1.54) is 0 Å². The van der Waals surface area contributed by atoms with Crippen LogP contribution < -0.4 is 0 Å². The zero-order valence-electron chi connectivity index (χ0n) is 6.85. The van der Waals surface area contributed by atoms with Crippen molar-refractivity contribution in [3.05, 3.63) is 34.9 Å². The van der Waals surface area contributed by atoms with E-state index in [1.54, 1.807) is 0 Å². The molecule has 0 aliphatic heterocycles. The Balaban J connectivity index is 3.49. The van der Waals surface area contributed by atoms with Crippen LogP contribution in [-0.4, -0.2) is 0 Å². The first kappa shape index (κ1) is 11.4. The summed E-state index contributed by atoms with van der Waals surface area (Å²) in [5.41, 5.74) is -0.922. The van der Waals surface area contributed by atoms with Crippen molar-refractivity contribution in [3.63, 3.8) is 0 Å². The van der Waals surface area contributed by atoms with Crippen LogP contribution in [0.4, 0.5) is 22.0 Å². The zero-order valence-corrected chi connectivity index (χ0v) is 8.43. The van der Waals surface area contributed by atoms with Crippen molar-refractivity contribution < 1.29 is 22.0 Å². The van der Waals surface area contributed by atoms with Crippen LogP contribution in [0.1, 0.15) is 12.5 Å². The lowest BCUT2D eigenvalue weighted by Crippen LogP contribution is -2.11. The molecule has 1 aromatic carbocycles. The van der Waals surface area contributed by atoms with Crippen LogP contribution in [0.15, 0.2) is 6.07 Å². The van der Waals surface area contributed by atoms with Gasteiger partial charge in [0, 0.05) is 5.56 Å². The summed E-state index contributed by atoms with van der Waals surface area (Å²) < 4.78 is 61.1. The molecule has 0 saturated carbocycles. The fourth-order valence-electron chi connectivity index (χ4n) is 0.892. The van der Waals surface area contributed by atoms with Gasteiger partial charge < -0.3 is 0 Å². The Bertz CT molecular complexity index is 369. The van der Waals surface area contributed by atoms with Crippen LogP contribution in [-0.2, 0) is 4.58 Å². The topological polar surface area (TPSA) is 0 Å². The molecule has 0 aliphatic rings. The molecular weight excluding hydrogens is 271 g/mol. The molecule has 0 saturated heterocycles. The van der Waals surface area contributed by atoms with Gasteiger partial charge in [-0.1, -0.05) is 0 Å². The molecule has 0 fully saturated rings. The minimum atomic E-state index is -2.45. The maximum absolute atomic E-state index is 13.1. The van der Waals surface area contributed by atoms with Gasteiger partial charge in [0.1, 0.15) is 0 Å². The van der Waals surface area contributed by atoms with Crippen LogP contribution in [0.2, 0.25) is 0 Å². The van der Waals surface area contributed by atoms with Crippen molar-refractivity contribution in [3.8, 4) is 0 Å². The van der Waals surface area contributed by atoms with Crippen LogP contribution in [0.3, 0.4) is 0 Å². The summed E-state index contributed by atoms with van der Waals surface area (Å²) in [6.07, 6.45) is 0. The van der Waals surface area contributed by atoms with E-state index in [9.17, 15) is 22.0 Å². The van der Waals surface area contributed by atoms with Crippen LogP contribution in [0.25, 0.3) is 0 Å². The van der Waals surface area contributed by atoms with E-state index in [-0.39, 0.29) is 6.07 Å². The summed E-state index contributed by atoms with van der Waals surface area (Å²) in [5.74, 6) is -7.36. The van der Waals surface area contributed by atoms with Gasteiger partial charge in [0.25, 0.3) is 0 Å². The van der Waals surface area contributed by atoms with Crippen LogP contribution in [0.5, 0.6) is 0 Å². The molecule has 6 heteroatoms. The zero-order chi connectivity index (χ0) is 11.1. The molecule has 0 aromatic heterocycles. The highest BCUT2D eigenvalue weighted by atomic mass is 79.9. The summed E-state index contributed by atoms with van der Waals surface area (Å²) >= 11 is 2.37. The average Bonchev–Trinajstić information content (AvgIpc) is 2.06. The number of hydrogen-bond acceptors (Lipinski definition) is 0. The molecule has 1 atom stereocenters. The maximum atomic E-state index is 13.1. The molecule has 0 aliphatic carbocycles. The van der Waals surface area contributed by atoms with Gasteiger partial charge in [0.2, 0.25) is 0 Å². The van der Waals surface area contributed by atoms with E-state index in [0.29, 0.717) is 0 Å². The number of benzene rings is 1. The molecule has 1 unspecified atom stereocenters. The van der Waals surface area contributed by atoms with Gasteiger partial charge in [-0.05, 0) is 28.9 Å². The Kier molecular flexibility index (Phi) is 2.85. The minimum absolute atomic E-state index is 0.266. The molecule has 1 rings (SSSR count). The quantitative estimate of drug-likeness (QED) is 0.316. The van der Waals surface area contributed by atoms with E-state index in [0.717, 1.165) is 6.92 Å². The predicted octanol–water partition coefficient (Wildman–Crippen LogP) is 3.78. The second kappa shape index (κ2) is 3.49. The molecule has 0 bridgehead atoms. The summed E-state index contributed by atoms with van der Waals surface area (Å²) in [6.45, 7) is 0.836. The monoisotopic (exact) mass is 274 g/mol. The molecule has 0 heterocycles. The Labute approximate surface area is 84.9 Å². The first-order chi connectivity index (χ1) is 6.25. The molecule has 0 spiro atoms. The summed E-state index contributed by atoms with van der Waals surface area (Å²) in [6, 6.07) is 0.266. The van der Waals surface area contributed by atoms with Crippen molar-refractivity contribution in [1.82, 2.24) is 0 Å². The SMILES string of the molecule is CC(F)(Br)c1cc(F)c(F)c(F)c1F. The lowest BCUT2D eigenvalue weighted by Gasteiger charge is -2.14. The number of alkyl halides is 2. The van der Waals surface area contributed by atoms with Gasteiger partial charge in [-0.3, -0.25) is 0 Å². The third kappa shape index (κ3) is 1.89. The fourth-order valence-corrected chi connectivity index (χ4v) is 1.18. The third-order valence-corrected chi connectivity index (χ3v) is 2.00. The summed E-state index contributed by atoms with van der Waals surface area (Å²) in [7, 11) is 0.